The van der Waals surface area contributed by atoms with Crippen LogP contribution in [0.25, 0.3) is 0 Å². The molecule has 0 aliphatic heterocycles. The molecule has 1 fully saturated rings. The van der Waals surface area contributed by atoms with Crippen LogP contribution in [0.2, 0.25) is 0 Å². The lowest BCUT2D eigenvalue weighted by molar-refractivity contribution is -0.137. The summed E-state index contributed by atoms with van der Waals surface area (Å²) < 4.78 is 0. The fourth-order valence-corrected chi connectivity index (χ4v) is 3.20. The monoisotopic (exact) mass is 366 g/mol. The average molecular weight is 367 g/mol. The molecule has 3 atom stereocenters. The number of aliphatic hydroxyl groups is 1. The van der Waals surface area contributed by atoms with E-state index in [9.17, 15) is 14.7 Å². The van der Waals surface area contributed by atoms with Crippen LogP contribution in [-0.4, -0.2) is 28.1 Å². The van der Waals surface area contributed by atoms with Crippen LogP contribution in [-0.2, 0) is 9.59 Å². The zero-order chi connectivity index (χ0) is 19.8. The van der Waals surface area contributed by atoms with Gasteiger partial charge in [-0.2, -0.15) is 0 Å². The first-order valence-electron chi connectivity index (χ1n) is 10.3. The lowest BCUT2D eigenvalue weighted by Crippen LogP contribution is -2.17. The minimum Gasteiger partial charge on any atom is -0.481 e. The highest BCUT2D eigenvalue weighted by Crippen LogP contribution is 2.33. The highest BCUT2D eigenvalue weighted by molar-refractivity contribution is 5.84. The van der Waals surface area contributed by atoms with E-state index in [4.69, 9.17) is 5.11 Å². The van der Waals surface area contributed by atoms with E-state index in [0.29, 0.717) is 19.3 Å². The Bertz CT molecular complexity index is 439. The summed E-state index contributed by atoms with van der Waals surface area (Å²) in [6, 6.07) is 0. The third-order valence-electron chi connectivity index (χ3n) is 4.63. The fourth-order valence-electron chi connectivity index (χ4n) is 3.20. The molecule has 1 aliphatic carbocycles. The van der Waals surface area contributed by atoms with E-state index in [1.807, 2.05) is 32.1 Å². The van der Waals surface area contributed by atoms with Crippen LogP contribution in [0.5, 0.6) is 0 Å². The molecule has 1 saturated carbocycles. The number of unbranched alkanes of at least 4 members (excludes halogenated alkanes) is 5. The molecule has 26 heavy (non-hydrogen) atoms. The van der Waals surface area contributed by atoms with Crippen molar-refractivity contribution in [1.82, 2.24) is 0 Å². The lowest BCUT2D eigenvalue weighted by Gasteiger charge is -2.15. The number of Topliss-reactive ketones (excluding diaryl/α,β-unsaturated/α-hetero) is 1. The molecule has 1 unspecified atom stereocenters. The molecule has 0 bridgehead atoms. The SMILES string of the molecule is CC.CCCCCC/C=C/[C@H]1C(O)CC(=O)[C@@H]1C/C=C\CCCC(=O)O. The summed E-state index contributed by atoms with van der Waals surface area (Å²) >= 11 is 0. The zero-order valence-corrected chi connectivity index (χ0v) is 16.8. The summed E-state index contributed by atoms with van der Waals surface area (Å²) in [5.74, 6) is -0.852. The van der Waals surface area contributed by atoms with Crippen molar-refractivity contribution < 1.29 is 19.8 Å². The molecule has 4 heteroatoms. The van der Waals surface area contributed by atoms with E-state index < -0.39 is 12.1 Å². The van der Waals surface area contributed by atoms with Gasteiger partial charge in [0, 0.05) is 24.7 Å². The van der Waals surface area contributed by atoms with Gasteiger partial charge < -0.3 is 10.2 Å². The number of ketones is 1. The first kappa shape index (κ1) is 24.6. The second-order valence-electron chi connectivity index (χ2n) is 6.69. The molecule has 0 amide bonds. The summed E-state index contributed by atoms with van der Waals surface area (Å²) in [5.41, 5.74) is 0. The first-order valence-corrected chi connectivity index (χ1v) is 10.3. The van der Waals surface area contributed by atoms with Crippen molar-refractivity contribution in [2.45, 2.75) is 91.1 Å². The topological polar surface area (TPSA) is 74.6 Å². The molecule has 0 heterocycles. The number of aliphatic carboxylic acids is 1. The van der Waals surface area contributed by atoms with Gasteiger partial charge in [0.05, 0.1) is 6.10 Å². The Morgan fingerprint density at radius 2 is 1.77 bits per heavy atom. The predicted molar refractivity (Wildman–Crippen MR) is 107 cm³/mol. The van der Waals surface area contributed by atoms with Gasteiger partial charge in [-0.05, 0) is 32.1 Å². The van der Waals surface area contributed by atoms with Crippen molar-refractivity contribution >= 4 is 11.8 Å². The summed E-state index contributed by atoms with van der Waals surface area (Å²) in [5, 5.41) is 18.7. The molecule has 150 valence electrons. The largest absolute Gasteiger partial charge is 0.481 e. The Labute approximate surface area is 159 Å². The van der Waals surface area contributed by atoms with Crippen LogP contribution in [0.4, 0.5) is 0 Å². The van der Waals surface area contributed by atoms with E-state index >= 15 is 0 Å². The number of aliphatic hydroxyl groups excluding tert-OH is 1. The number of carbonyl (C=O) groups excluding carboxylic acids is 1. The Balaban J connectivity index is 0.00000301. The number of hydrogen-bond donors (Lipinski definition) is 2. The molecular formula is C22H38O4. The van der Waals surface area contributed by atoms with Crippen LogP contribution in [0.15, 0.2) is 24.3 Å². The van der Waals surface area contributed by atoms with Crippen molar-refractivity contribution in [1.29, 1.82) is 0 Å². The van der Waals surface area contributed by atoms with Crippen LogP contribution in [0.1, 0.15) is 85.0 Å². The van der Waals surface area contributed by atoms with Gasteiger partial charge in [0.15, 0.2) is 0 Å². The highest BCUT2D eigenvalue weighted by atomic mass is 16.4. The molecule has 1 aliphatic rings. The van der Waals surface area contributed by atoms with E-state index in [1.54, 1.807) is 0 Å². The number of allylic oxidation sites excluding steroid dienone is 3. The molecule has 0 spiro atoms. The van der Waals surface area contributed by atoms with Crippen LogP contribution >= 0.6 is 0 Å². The Morgan fingerprint density at radius 3 is 2.42 bits per heavy atom. The highest BCUT2D eigenvalue weighted by Gasteiger charge is 2.38. The van der Waals surface area contributed by atoms with Crippen LogP contribution < -0.4 is 0 Å². The van der Waals surface area contributed by atoms with Gasteiger partial charge in [-0.25, -0.2) is 0 Å². The minimum absolute atomic E-state index is 0.0765. The molecule has 0 aromatic rings. The molecule has 0 aromatic carbocycles. The standard InChI is InChI=1S/C20H32O4.C2H6/c1-2-3-4-5-6-9-12-16-17(19(22)15-18(16)21)13-10-7-8-11-14-20(23)24;1-2/h7,9-10,12,16-18,21H,2-6,8,11,13-15H2,1H3,(H,23,24);1-2H3/b10-7-,12-9+;/t16-,17-,18?;/m1./s1. The van der Waals surface area contributed by atoms with Crippen LogP contribution in [0.3, 0.4) is 0 Å². The summed E-state index contributed by atoms with van der Waals surface area (Å²) in [6.07, 6.45) is 15.8. The van der Waals surface area contributed by atoms with Gasteiger partial charge in [0.25, 0.3) is 0 Å². The van der Waals surface area contributed by atoms with Gasteiger partial charge in [-0.1, -0.05) is 64.3 Å². The Kier molecular flexibility index (Phi) is 14.9. The molecule has 0 saturated heterocycles. The summed E-state index contributed by atoms with van der Waals surface area (Å²) in [4.78, 5) is 22.5. The molecule has 2 N–H and O–H groups in total. The van der Waals surface area contributed by atoms with E-state index in [-0.39, 0.29) is 30.5 Å². The van der Waals surface area contributed by atoms with Crippen molar-refractivity contribution in [2.75, 3.05) is 0 Å². The van der Waals surface area contributed by atoms with E-state index in [1.165, 1.54) is 19.3 Å². The smallest absolute Gasteiger partial charge is 0.303 e. The fraction of sp³-hybridized carbons (Fsp3) is 0.727. The van der Waals surface area contributed by atoms with Crippen molar-refractivity contribution in [3.05, 3.63) is 24.3 Å². The minimum atomic E-state index is -0.776. The maximum absolute atomic E-state index is 12.1. The average Bonchev–Trinajstić information content (AvgIpc) is 2.89. The second-order valence-corrected chi connectivity index (χ2v) is 6.69. The molecule has 1 rings (SSSR count). The number of carboxylic acid groups (broad SMARTS) is 1. The molecule has 0 aromatic heterocycles. The summed E-state index contributed by atoms with van der Waals surface area (Å²) in [6.45, 7) is 6.19. The second kappa shape index (κ2) is 15.8. The van der Waals surface area contributed by atoms with Crippen molar-refractivity contribution in [3.63, 3.8) is 0 Å². The predicted octanol–water partition coefficient (Wildman–Crippen LogP) is 5.31. The lowest BCUT2D eigenvalue weighted by atomic mass is 9.90. The van der Waals surface area contributed by atoms with Gasteiger partial charge in [-0.15, -0.1) is 0 Å². The third-order valence-corrected chi connectivity index (χ3v) is 4.63. The zero-order valence-electron chi connectivity index (χ0n) is 16.8. The number of carboxylic acids is 1. The quantitative estimate of drug-likeness (QED) is 0.363. The normalized spacial score (nSPS) is 22.8. The number of carbonyl (C=O) groups is 2. The summed E-state index contributed by atoms with van der Waals surface area (Å²) in [7, 11) is 0. The number of hydrogen-bond acceptors (Lipinski definition) is 3. The Hall–Kier alpha value is -1.42. The maximum Gasteiger partial charge on any atom is 0.303 e. The van der Waals surface area contributed by atoms with Crippen molar-refractivity contribution in [2.24, 2.45) is 11.8 Å². The van der Waals surface area contributed by atoms with Crippen LogP contribution in [0, 0.1) is 11.8 Å². The van der Waals surface area contributed by atoms with Crippen molar-refractivity contribution in [3.8, 4) is 0 Å². The van der Waals surface area contributed by atoms with Gasteiger partial charge in [0.2, 0.25) is 0 Å². The number of rotatable bonds is 12. The first-order chi connectivity index (χ1) is 12.6. The van der Waals surface area contributed by atoms with Gasteiger partial charge >= 0.3 is 5.97 Å². The van der Waals surface area contributed by atoms with E-state index in [0.717, 1.165) is 12.8 Å². The van der Waals surface area contributed by atoms with Gasteiger partial charge in [0.1, 0.15) is 5.78 Å². The molecule has 0 radical (unpaired) electrons. The molecule has 4 nitrogen and oxygen atoms in total. The third kappa shape index (κ3) is 10.5. The van der Waals surface area contributed by atoms with E-state index in [2.05, 4.69) is 13.0 Å². The van der Waals surface area contributed by atoms with Gasteiger partial charge in [-0.3, -0.25) is 9.59 Å². The maximum atomic E-state index is 12.1. The Morgan fingerprint density at radius 1 is 1.08 bits per heavy atom. The molecular weight excluding hydrogens is 328 g/mol.